The second-order valence-electron chi connectivity index (χ2n) is 1.99. The second kappa shape index (κ2) is 5.16. The van der Waals surface area contributed by atoms with Crippen LogP contribution in [0, 0.1) is 0 Å². The van der Waals surface area contributed by atoms with Crippen LogP contribution in [0.15, 0.2) is 0 Å². The summed E-state index contributed by atoms with van der Waals surface area (Å²) in [7, 11) is 1.40. The Morgan fingerprint density at radius 3 is 2.80 bits per heavy atom. The molecule has 0 saturated heterocycles. The number of nitrogens with two attached hydrogens (primary N) is 1. The van der Waals surface area contributed by atoms with Crippen LogP contribution in [0.2, 0.25) is 0 Å². The van der Waals surface area contributed by atoms with Crippen LogP contribution < -0.4 is 11.5 Å². The molecule has 0 aliphatic carbocycles. The first kappa shape index (κ1) is 9.35. The average molecular weight is 149 g/mol. The predicted molar refractivity (Wildman–Crippen MR) is 33.4 cm³/mol. The summed E-state index contributed by atoms with van der Waals surface area (Å²) in [6, 6.07) is -0.127. The Morgan fingerprint density at radius 1 is 1.80 bits per heavy atom. The van der Waals surface area contributed by atoms with Crippen LogP contribution in [0.4, 0.5) is 0 Å². The number of amides is 1. The van der Waals surface area contributed by atoms with Gasteiger partial charge in [-0.1, -0.05) is 0 Å². The van der Waals surface area contributed by atoms with E-state index in [9.17, 15) is 4.79 Å². The Hall–Kier alpha value is -0.650. The first-order chi connectivity index (χ1) is 4.66. The molecule has 0 radical (unpaired) electrons. The summed E-state index contributed by atoms with van der Waals surface area (Å²) in [6.45, 7) is 0.291. The molecule has 0 spiro atoms. The number of carbonyl (C=O) groups excluding carboxylic acids is 1. The lowest BCUT2D eigenvalue weighted by atomic mass is 10.2. The van der Waals surface area contributed by atoms with Crippen molar-refractivity contribution >= 4 is 5.91 Å². The molecule has 1 amide bonds. The normalized spacial score (nSPS) is 13.0. The lowest BCUT2D eigenvalue weighted by molar-refractivity contribution is -0.445. The van der Waals surface area contributed by atoms with Crippen molar-refractivity contribution in [3.05, 3.63) is 0 Å². The summed E-state index contributed by atoms with van der Waals surface area (Å²) >= 11 is 0. The van der Waals surface area contributed by atoms with Crippen LogP contribution in [0.25, 0.3) is 0 Å². The fourth-order valence-electron chi connectivity index (χ4n) is 0.508. The van der Waals surface area contributed by atoms with Crippen LogP contribution in [0.1, 0.15) is 6.42 Å². The molecule has 0 fully saturated rings. The molecule has 60 valence electrons. The third kappa shape index (κ3) is 5.49. The van der Waals surface area contributed by atoms with Crippen molar-refractivity contribution in [2.24, 2.45) is 5.73 Å². The lowest BCUT2D eigenvalue weighted by Gasteiger charge is -2.03. The maximum Gasteiger partial charge on any atom is 0.223 e. The quantitative estimate of drug-likeness (QED) is 0.351. The highest BCUT2D eigenvalue weighted by Gasteiger charge is 2.09. The third-order valence-corrected chi connectivity index (χ3v) is 0.911. The number of hydrogen-bond donors (Lipinski definition) is 2. The van der Waals surface area contributed by atoms with Crippen molar-refractivity contribution in [1.82, 2.24) is 0 Å². The molecule has 0 saturated carbocycles. The van der Waals surface area contributed by atoms with E-state index in [4.69, 9.17) is 5.73 Å². The van der Waals surface area contributed by atoms with Gasteiger partial charge in [0.2, 0.25) is 5.91 Å². The van der Waals surface area contributed by atoms with Crippen LogP contribution in [-0.2, 0) is 14.6 Å². The molecule has 0 rings (SSSR count). The first-order valence-corrected chi connectivity index (χ1v) is 2.93. The summed E-state index contributed by atoms with van der Waals surface area (Å²) in [6.07, 6.45) is 0.226. The fraction of sp³-hybridized carbons (Fsp3) is 0.800. The molecule has 0 unspecified atom stereocenters. The van der Waals surface area contributed by atoms with Crippen LogP contribution in [-0.4, -0.2) is 25.7 Å². The molecular formula is C5H13N2O3+. The number of quaternary nitrogens is 1. The highest BCUT2D eigenvalue weighted by molar-refractivity contribution is 5.74. The molecule has 5 nitrogen and oxygen atoms in total. The van der Waals surface area contributed by atoms with E-state index in [-0.39, 0.29) is 18.4 Å². The van der Waals surface area contributed by atoms with Gasteiger partial charge in [0.05, 0.1) is 13.5 Å². The van der Waals surface area contributed by atoms with Crippen molar-refractivity contribution < 1.29 is 20.3 Å². The predicted octanol–water partition coefficient (Wildman–Crippen LogP) is -1.95. The van der Waals surface area contributed by atoms with Crippen LogP contribution in [0.5, 0.6) is 0 Å². The fourth-order valence-corrected chi connectivity index (χ4v) is 0.508. The molecule has 1 atom stereocenters. The van der Waals surface area contributed by atoms with E-state index in [1.807, 2.05) is 0 Å². The molecule has 0 aromatic rings. The van der Waals surface area contributed by atoms with Crippen molar-refractivity contribution in [2.45, 2.75) is 12.5 Å². The highest BCUT2D eigenvalue weighted by Crippen LogP contribution is 1.85. The number of hydrogen-bond acceptors (Lipinski definition) is 3. The van der Waals surface area contributed by atoms with Gasteiger partial charge in [-0.15, -0.1) is 0 Å². The zero-order valence-corrected chi connectivity index (χ0v) is 6.00. The summed E-state index contributed by atoms with van der Waals surface area (Å²) in [5.41, 5.74) is 8.50. The third-order valence-electron chi connectivity index (χ3n) is 0.911. The van der Waals surface area contributed by atoms with Gasteiger partial charge in [0.15, 0.2) is 0 Å². The van der Waals surface area contributed by atoms with Crippen LogP contribution in [0.3, 0.4) is 0 Å². The van der Waals surface area contributed by atoms with E-state index in [2.05, 4.69) is 15.5 Å². The summed E-state index contributed by atoms with van der Waals surface area (Å²) < 4.78 is 0. The van der Waals surface area contributed by atoms with Gasteiger partial charge >= 0.3 is 0 Å². The van der Waals surface area contributed by atoms with Gasteiger partial charge in [-0.05, 0) is 0 Å². The molecule has 5 N–H and O–H groups in total. The summed E-state index contributed by atoms with van der Waals surface area (Å²) in [5, 5.41) is 0. The van der Waals surface area contributed by atoms with E-state index < -0.39 is 0 Å². The number of rotatable bonds is 5. The van der Waals surface area contributed by atoms with Gasteiger partial charge in [0.1, 0.15) is 12.6 Å². The highest BCUT2D eigenvalue weighted by atomic mass is 17.2. The van der Waals surface area contributed by atoms with Crippen molar-refractivity contribution in [3.8, 4) is 0 Å². The molecule has 0 heterocycles. The Balaban J connectivity index is 3.25. The minimum Gasteiger partial charge on any atom is -0.369 e. The number of carbonyl (C=O) groups is 1. The molecule has 0 aromatic carbocycles. The smallest absolute Gasteiger partial charge is 0.223 e. The SMILES string of the molecule is COOC[C@@H]([NH3+])CC(N)=O. The Bertz CT molecular complexity index is 107. The van der Waals surface area contributed by atoms with Gasteiger partial charge < -0.3 is 11.5 Å². The summed E-state index contributed by atoms with van der Waals surface area (Å²) in [5.74, 6) is -0.375. The van der Waals surface area contributed by atoms with Gasteiger partial charge in [0, 0.05) is 0 Å². The molecule has 0 aliphatic heterocycles. The van der Waals surface area contributed by atoms with Gasteiger partial charge in [0.25, 0.3) is 0 Å². The van der Waals surface area contributed by atoms with E-state index in [0.717, 1.165) is 0 Å². The van der Waals surface area contributed by atoms with Gasteiger partial charge in [-0.3, -0.25) is 4.79 Å². The van der Waals surface area contributed by atoms with Gasteiger partial charge in [-0.25, -0.2) is 9.78 Å². The standard InChI is InChI=1S/C5H12N2O3/c1-9-10-3-4(6)2-5(7)8/h4H,2-3,6H2,1H3,(H2,7,8)/p+1/t4-/m0/s1. The molecule has 5 heteroatoms. The van der Waals surface area contributed by atoms with E-state index in [1.54, 1.807) is 0 Å². The van der Waals surface area contributed by atoms with Gasteiger partial charge in [-0.2, -0.15) is 0 Å². The lowest BCUT2D eigenvalue weighted by Crippen LogP contribution is -2.64. The minimum atomic E-state index is -0.375. The van der Waals surface area contributed by atoms with Crippen molar-refractivity contribution in [3.63, 3.8) is 0 Å². The minimum absolute atomic E-state index is 0.127. The maximum atomic E-state index is 10.3. The molecular weight excluding hydrogens is 136 g/mol. The first-order valence-electron chi connectivity index (χ1n) is 2.93. The van der Waals surface area contributed by atoms with Crippen LogP contribution >= 0.6 is 0 Å². The van der Waals surface area contributed by atoms with E-state index in [1.165, 1.54) is 7.11 Å². The molecule has 10 heavy (non-hydrogen) atoms. The molecule has 0 aromatic heterocycles. The van der Waals surface area contributed by atoms with Crippen molar-refractivity contribution in [2.75, 3.05) is 13.7 Å². The average Bonchev–Trinajstić information content (AvgIpc) is 1.82. The zero-order chi connectivity index (χ0) is 7.98. The monoisotopic (exact) mass is 149 g/mol. The molecule has 0 bridgehead atoms. The van der Waals surface area contributed by atoms with E-state index in [0.29, 0.717) is 6.61 Å². The Morgan fingerprint density at radius 2 is 2.40 bits per heavy atom. The zero-order valence-electron chi connectivity index (χ0n) is 6.00. The number of primary amides is 1. The summed E-state index contributed by atoms with van der Waals surface area (Å²) in [4.78, 5) is 19.1. The Kier molecular flexibility index (Phi) is 4.82. The Labute approximate surface area is 59.2 Å². The van der Waals surface area contributed by atoms with Crippen molar-refractivity contribution in [1.29, 1.82) is 0 Å². The topological polar surface area (TPSA) is 89.2 Å². The molecule has 0 aliphatic rings. The largest absolute Gasteiger partial charge is 0.369 e. The second-order valence-corrected chi connectivity index (χ2v) is 1.99. The van der Waals surface area contributed by atoms with E-state index >= 15 is 0 Å². The maximum absolute atomic E-state index is 10.3.